The van der Waals surface area contributed by atoms with E-state index in [1.807, 2.05) is 0 Å². The molecule has 0 aliphatic heterocycles. The fourth-order valence-corrected chi connectivity index (χ4v) is 1.13. The molecule has 1 aromatic rings. The Labute approximate surface area is 87.7 Å². The van der Waals surface area contributed by atoms with Gasteiger partial charge in [0, 0.05) is 6.42 Å². The van der Waals surface area contributed by atoms with Gasteiger partial charge in [0.15, 0.2) is 5.82 Å². The molecule has 1 heterocycles. The predicted molar refractivity (Wildman–Crippen MR) is 52.2 cm³/mol. The summed E-state index contributed by atoms with van der Waals surface area (Å²) in [6.45, 7) is 3.06. The van der Waals surface area contributed by atoms with E-state index >= 15 is 0 Å². The second kappa shape index (κ2) is 6.13. The fraction of sp³-hybridized carbons (Fsp3) is 0.667. The van der Waals surface area contributed by atoms with Crippen LogP contribution in [0.5, 0.6) is 0 Å². The molecule has 0 atom stereocenters. The minimum absolute atomic E-state index is 0.224. The lowest BCUT2D eigenvalue weighted by Crippen LogP contribution is -2.15. The van der Waals surface area contributed by atoms with Crippen LogP contribution in [0.3, 0.4) is 0 Å². The van der Waals surface area contributed by atoms with Crippen LogP contribution in [0.2, 0.25) is 0 Å². The van der Waals surface area contributed by atoms with Crippen LogP contribution in [0.4, 0.5) is 0 Å². The Morgan fingerprint density at radius 2 is 2.33 bits per heavy atom. The first kappa shape index (κ1) is 11.6. The van der Waals surface area contributed by atoms with Gasteiger partial charge in [-0.25, -0.2) is 0 Å². The minimum atomic E-state index is -0.748. The molecule has 15 heavy (non-hydrogen) atoms. The standard InChI is InChI=1S/C9H15N3O3/c1-7-11-8(15-12-7)6-10-5-3-2-4-9(13)14/h10H,2-6H2,1H3,(H,13,14). The van der Waals surface area contributed by atoms with E-state index in [-0.39, 0.29) is 6.42 Å². The zero-order valence-electron chi connectivity index (χ0n) is 8.69. The topological polar surface area (TPSA) is 88.2 Å². The average Bonchev–Trinajstić information content (AvgIpc) is 2.57. The second-order valence-corrected chi connectivity index (χ2v) is 3.26. The molecule has 0 aromatic carbocycles. The van der Waals surface area contributed by atoms with E-state index in [9.17, 15) is 4.79 Å². The van der Waals surface area contributed by atoms with Gasteiger partial charge in [-0.1, -0.05) is 5.16 Å². The minimum Gasteiger partial charge on any atom is -0.481 e. The van der Waals surface area contributed by atoms with Crippen LogP contribution in [0.25, 0.3) is 0 Å². The van der Waals surface area contributed by atoms with Crippen LogP contribution >= 0.6 is 0 Å². The smallest absolute Gasteiger partial charge is 0.303 e. The number of aryl methyl sites for hydroxylation is 1. The van der Waals surface area contributed by atoms with Gasteiger partial charge < -0.3 is 14.9 Å². The van der Waals surface area contributed by atoms with Crippen molar-refractivity contribution in [3.63, 3.8) is 0 Å². The first-order valence-electron chi connectivity index (χ1n) is 4.90. The highest BCUT2D eigenvalue weighted by Gasteiger charge is 2.01. The molecule has 0 unspecified atom stereocenters. The van der Waals surface area contributed by atoms with E-state index in [4.69, 9.17) is 9.63 Å². The first-order chi connectivity index (χ1) is 7.18. The summed E-state index contributed by atoms with van der Waals surface area (Å²) in [5.74, 6) is 0.436. The number of carboxylic acid groups (broad SMARTS) is 1. The van der Waals surface area contributed by atoms with Gasteiger partial charge in [-0.05, 0) is 26.3 Å². The lowest BCUT2D eigenvalue weighted by Gasteiger charge is -1.99. The van der Waals surface area contributed by atoms with Crippen LogP contribution in [0, 0.1) is 6.92 Å². The second-order valence-electron chi connectivity index (χ2n) is 3.26. The van der Waals surface area contributed by atoms with Crippen LogP contribution < -0.4 is 5.32 Å². The third kappa shape index (κ3) is 5.11. The fourth-order valence-electron chi connectivity index (χ4n) is 1.13. The van der Waals surface area contributed by atoms with Gasteiger partial charge >= 0.3 is 5.97 Å². The average molecular weight is 213 g/mol. The van der Waals surface area contributed by atoms with E-state index in [1.165, 1.54) is 0 Å². The molecule has 6 heteroatoms. The summed E-state index contributed by atoms with van der Waals surface area (Å²) in [6.07, 6.45) is 1.74. The number of nitrogens with zero attached hydrogens (tertiary/aromatic N) is 2. The molecule has 1 aromatic heterocycles. The lowest BCUT2D eigenvalue weighted by molar-refractivity contribution is -0.137. The zero-order valence-corrected chi connectivity index (χ0v) is 8.69. The first-order valence-corrected chi connectivity index (χ1v) is 4.90. The van der Waals surface area contributed by atoms with Gasteiger partial charge in [-0.15, -0.1) is 0 Å². The molecule has 84 valence electrons. The Hall–Kier alpha value is -1.43. The molecule has 0 bridgehead atoms. The molecule has 2 N–H and O–H groups in total. The van der Waals surface area contributed by atoms with E-state index in [0.717, 1.165) is 13.0 Å². The van der Waals surface area contributed by atoms with Gasteiger partial charge in [-0.2, -0.15) is 4.98 Å². The number of carbonyl (C=O) groups is 1. The van der Waals surface area contributed by atoms with Gasteiger partial charge in [0.05, 0.1) is 6.54 Å². The molecular formula is C9H15N3O3. The molecule has 6 nitrogen and oxygen atoms in total. The normalized spacial score (nSPS) is 10.5. The van der Waals surface area contributed by atoms with Crippen molar-refractivity contribution in [3.8, 4) is 0 Å². The van der Waals surface area contributed by atoms with Gasteiger partial charge in [-0.3, -0.25) is 4.79 Å². The summed E-state index contributed by atoms with van der Waals surface area (Å²) in [5, 5.41) is 15.1. The number of carboxylic acids is 1. The van der Waals surface area contributed by atoms with Crippen LogP contribution in [-0.4, -0.2) is 27.8 Å². The molecular weight excluding hydrogens is 198 g/mol. The van der Waals surface area contributed by atoms with Gasteiger partial charge in [0.1, 0.15) is 0 Å². The van der Waals surface area contributed by atoms with Gasteiger partial charge in [0.2, 0.25) is 5.89 Å². The maximum Gasteiger partial charge on any atom is 0.303 e. The third-order valence-corrected chi connectivity index (χ3v) is 1.84. The molecule has 0 saturated heterocycles. The van der Waals surface area contributed by atoms with Crippen molar-refractivity contribution in [1.29, 1.82) is 0 Å². The van der Waals surface area contributed by atoms with Crippen molar-refractivity contribution in [2.45, 2.75) is 32.7 Å². The molecule has 0 aliphatic rings. The SMILES string of the molecule is Cc1noc(CNCCCCC(=O)O)n1. The number of rotatable bonds is 7. The number of aliphatic carboxylic acids is 1. The Bertz CT molecular complexity index is 311. The van der Waals surface area contributed by atoms with Crippen molar-refractivity contribution in [1.82, 2.24) is 15.5 Å². The summed E-state index contributed by atoms with van der Waals surface area (Å²) in [4.78, 5) is 14.2. The van der Waals surface area contributed by atoms with Crippen molar-refractivity contribution >= 4 is 5.97 Å². The predicted octanol–water partition coefficient (Wildman–Crippen LogP) is 0.723. The zero-order chi connectivity index (χ0) is 11.1. The van der Waals surface area contributed by atoms with E-state index < -0.39 is 5.97 Å². The largest absolute Gasteiger partial charge is 0.481 e. The van der Waals surface area contributed by atoms with Crippen molar-refractivity contribution in [2.24, 2.45) is 0 Å². The molecule has 0 aliphatic carbocycles. The van der Waals surface area contributed by atoms with E-state index in [1.54, 1.807) is 6.92 Å². The van der Waals surface area contributed by atoms with Crippen LogP contribution in [0.1, 0.15) is 31.0 Å². The Balaban J connectivity index is 2.00. The molecule has 0 spiro atoms. The molecule has 0 saturated carbocycles. The quantitative estimate of drug-likeness (QED) is 0.649. The monoisotopic (exact) mass is 213 g/mol. The van der Waals surface area contributed by atoms with E-state index in [0.29, 0.717) is 24.7 Å². The highest BCUT2D eigenvalue weighted by molar-refractivity contribution is 5.66. The summed E-state index contributed by atoms with van der Waals surface area (Å²) >= 11 is 0. The van der Waals surface area contributed by atoms with Crippen LogP contribution in [-0.2, 0) is 11.3 Å². The highest BCUT2D eigenvalue weighted by Crippen LogP contribution is 1.96. The third-order valence-electron chi connectivity index (χ3n) is 1.84. The molecule has 0 radical (unpaired) electrons. The summed E-state index contributed by atoms with van der Waals surface area (Å²) in [6, 6.07) is 0. The Morgan fingerprint density at radius 1 is 1.53 bits per heavy atom. The number of hydrogen-bond acceptors (Lipinski definition) is 5. The molecule has 0 fully saturated rings. The van der Waals surface area contributed by atoms with Gasteiger partial charge in [0.25, 0.3) is 0 Å². The number of nitrogens with one attached hydrogen (secondary N) is 1. The number of unbranched alkanes of at least 4 members (excludes halogenated alkanes) is 1. The van der Waals surface area contributed by atoms with Crippen LogP contribution in [0.15, 0.2) is 4.52 Å². The maximum absolute atomic E-state index is 10.2. The van der Waals surface area contributed by atoms with Crippen molar-refractivity contribution in [3.05, 3.63) is 11.7 Å². The molecule has 0 amide bonds. The summed E-state index contributed by atoms with van der Waals surface area (Å²) in [7, 11) is 0. The summed E-state index contributed by atoms with van der Waals surface area (Å²) in [5.41, 5.74) is 0. The Kier molecular flexibility index (Phi) is 4.76. The number of hydrogen-bond donors (Lipinski definition) is 2. The van der Waals surface area contributed by atoms with E-state index in [2.05, 4.69) is 15.5 Å². The maximum atomic E-state index is 10.2. The lowest BCUT2D eigenvalue weighted by atomic mass is 10.2. The van der Waals surface area contributed by atoms with Crippen molar-refractivity contribution in [2.75, 3.05) is 6.54 Å². The Morgan fingerprint density at radius 3 is 2.93 bits per heavy atom. The highest BCUT2D eigenvalue weighted by atomic mass is 16.5. The number of aromatic nitrogens is 2. The summed E-state index contributed by atoms with van der Waals surface area (Å²) < 4.78 is 4.89. The van der Waals surface area contributed by atoms with Crippen molar-refractivity contribution < 1.29 is 14.4 Å². The molecule has 1 rings (SSSR count).